The third-order valence-corrected chi connectivity index (χ3v) is 2.92. The van der Waals surface area contributed by atoms with Crippen LogP contribution in [0.15, 0.2) is 0 Å². The average Bonchev–Trinajstić information content (AvgIpc) is 1.97. The zero-order valence-corrected chi connectivity index (χ0v) is 7.56. The molecule has 1 aliphatic rings. The van der Waals surface area contributed by atoms with E-state index in [0.717, 1.165) is 12.3 Å². The summed E-state index contributed by atoms with van der Waals surface area (Å²) in [5.41, 5.74) is -0.0366. The van der Waals surface area contributed by atoms with Crippen molar-refractivity contribution < 1.29 is 5.11 Å². The van der Waals surface area contributed by atoms with Gasteiger partial charge in [0.1, 0.15) is 0 Å². The van der Waals surface area contributed by atoms with E-state index in [4.69, 9.17) is 5.11 Å². The zero-order valence-electron chi connectivity index (χ0n) is 7.56. The second-order valence-corrected chi connectivity index (χ2v) is 3.97. The standard InChI is InChI=1S/C9H19NO/c1-9(7-11,10-2)6-8-4-3-5-8/h8,10-11H,3-7H2,1-2H3. The van der Waals surface area contributed by atoms with Crippen LogP contribution < -0.4 is 5.32 Å². The lowest BCUT2D eigenvalue weighted by molar-refractivity contribution is 0.131. The first-order chi connectivity index (χ1) is 5.20. The van der Waals surface area contributed by atoms with Gasteiger partial charge in [0.2, 0.25) is 0 Å². The summed E-state index contributed by atoms with van der Waals surface area (Å²) in [6, 6.07) is 0. The number of hydrogen-bond donors (Lipinski definition) is 2. The predicted molar refractivity (Wildman–Crippen MR) is 46.5 cm³/mol. The van der Waals surface area contributed by atoms with Gasteiger partial charge < -0.3 is 10.4 Å². The minimum Gasteiger partial charge on any atom is -0.394 e. The number of aliphatic hydroxyl groups is 1. The van der Waals surface area contributed by atoms with Gasteiger partial charge in [-0.1, -0.05) is 19.3 Å². The van der Waals surface area contributed by atoms with E-state index in [1.807, 2.05) is 7.05 Å². The summed E-state index contributed by atoms with van der Waals surface area (Å²) in [6.07, 6.45) is 5.23. The van der Waals surface area contributed by atoms with Gasteiger partial charge >= 0.3 is 0 Å². The highest BCUT2D eigenvalue weighted by atomic mass is 16.3. The van der Waals surface area contributed by atoms with E-state index < -0.39 is 0 Å². The molecule has 11 heavy (non-hydrogen) atoms. The predicted octanol–water partition coefficient (Wildman–Crippen LogP) is 1.15. The number of nitrogens with one attached hydrogen (secondary N) is 1. The van der Waals surface area contributed by atoms with Crippen molar-refractivity contribution in [2.45, 2.75) is 38.1 Å². The summed E-state index contributed by atoms with van der Waals surface area (Å²) in [7, 11) is 1.93. The van der Waals surface area contributed by atoms with Gasteiger partial charge in [-0.15, -0.1) is 0 Å². The molecule has 1 saturated carbocycles. The molecule has 2 N–H and O–H groups in total. The quantitative estimate of drug-likeness (QED) is 0.641. The van der Waals surface area contributed by atoms with E-state index in [1.165, 1.54) is 19.3 Å². The van der Waals surface area contributed by atoms with Gasteiger partial charge in [-0.2, -0.15) is 0 Å². The van der Waals surface area contributed by atoms with E-state index in [2.05, 4.69) is 12.2 Å². The molecule has 2 heteroatoms. The molecule has 1 fully saturated rings. The lowest BCUT2D eigenvalue weighted by atomic mass is 9.77. The van der Waals surface area contributed by atoms with Crippen LogP contribution in [0.5, 0.6) is 0 Å². The van der Waals surface area contributed by atoms with Crippen LogP contribution in [-0.4, -0.2) is 24.3 Å². The van der Waals surface area contributed by atoms with E-state index in [9.17, 15) is 0 Å². The van der Waals surface area contributed by atoms with E-state index >= 15 is 0 Å². The number of likely N-dealkylation sites (N-methyl/N-ethyl adjacent to an activating group) is 1. The summed E-state index contributed by atoms with van der Waals surface area (Å²) in [6.45, 7) is 2.34. The minimum atomic E-state index is -0.0366. The molecule has 1 rings (SSSR count). The maximum Gasteiger partial charge on any atom is 0.0610 e. The number of rotatable bonds is 4. The molecule has 0 radical (unpaired) electrons. The Labute approximate surface area is 69.0 Å². The molecule has 0 aliphatic heterocycles. The van der Waals surface area contributed by atoms with Crippen molar-refractivity contribution in [3.05, 3.63) is 0 Å². The fourth-order valence-corrected chi connectivity index (χ4v) is 1.58. The van der Waals surface area contributed by atoms with Crippen molar-refractivity contribution in [3.63, 3.8) is 0 Å². The molecule has 2 nitrogen and oxygen atoms in total. The Bertz CT molecular complexity index is 117. The van der Waals surface area contributed by atoms with Gasteiger partial charge in [0.05, 0.1) is 6.61 Å². The third-order valence-electron chi connectivity index (χ3n) is 2.92. The highest BCUT2D eigenvalue weighted by Gasteiger charge is 2.28. The zero-order chi connectivity index (χ0) is 8.32. The van der Waals surface area contributed by atoms with Gasteiger partial charge in [0.25, 0.3) is 0 Å². The third kappa shape index (κ3) is 2.17. The Balaban J connectivity index is 2.29. The van der Waals surface area contributed by atoms with Crippen molar-refractivity contribution in [3.8, 4) is 0 Å². The fraction of sp³-hybridized carbons (Fsp3) is 1.00. The summed E-state index contributed by atoms with van der Waals surface area (Å²) < 4.78 is 0. The Morgan fingerprint density at radius 1 is 1.55 bits per heavy atom. The van der Waals surface area contributed by atoms with Crippen molar-refractivity contribution in [2.24, 2.45) is 5.92 Å². The lowest BCUT2D eigenvalue weighted by Gasteiger charge is -2.35. The second-order valence-electron chi connectivity index (χ2n) is 3.97. The highest BCUT2D eigenvalue weighted by molar-refractivity contribution is 4.86. The van der Waals surface area contributed by atoms with Crippen LogP contribution in [0.1, 0.15) is 32.6 Å². The summed E-state index contributed by atoms with van der Waals surface area (Å²) in [5.74, 6) is 0.861. The molecule has 1 unspecified atom stereocenters. The topological polar surface area (TPSA) is 32.3 Å². The molecule has 0 bridgehead atoms. The summed E-state index contributed by atoms with van der Waals surface area (Å²) in [5, 5.41) is 12.3. The first kappa shape index (κ1) is 9.01. The minimum absolute atomic E-state index is 0.0366. The van der Waals surface area contributed by atoms with Crippen molar-refractivity contribution in [1.29, 1.82) is 0 Å². The van der Waals surface area contributed by atoms with Crippen molar-refractivity contribution in [1.82, 2.24) is 5.32 Å². The normalized spacial score (nSPS) is 24.3. The van der Waals surface area contributed by atoms with E-state index in [-0.39, 0.29) is 12.1 Å². The van der Waals surface area contributed by atoms with Crippen LogP contribution in [0.2, 0.25) is 0 Å². The van der Waals surface area contributed by atoms with Gasteiger partial charge in [0, 0.05) is 5.54 Å². The summed E-state index contributed by atoms with van der Waals surface area (Å²) in [4.78, 5) is 0. The van der Waals surface area contributed by atoms with Crippen molar-refractivity contribution in [2.75, 3.05) is 13.7 Å². The Morgan fingerprint density at radius 2 is 2.18 bits per heavy atom. The second kappa shape index (κ2) is 3.55. The van der Waals surface area contributed by atoms with E-state index in [1.54, 1.807) is 0 Å². The van der Waals surface area contributed by atoms with Gasteiger partial charge in [-0.25, -0.2) is 0 Å². The maximum atomic E-state index is 9.09. The largest absolute Gasteiger partial charge is 0.394 e. The lowest BCUT2D eigenvalue weighted by Crippen LogP contribution is -2.45. The van der Waals surface area contributed by atoms with Crippen LogP contribution in [-0.2, 0) is 0 Å². The Hall–Kier alpha value is -0.0800. The highest BCUT2D eigenvalue weighted by Crippen LogP contribution is 2.33. The van der Waals surface area contributed by atoms with Crippen LogP contribution in [0.4, 0.5) is 0 Å². The number of aliphatic hydroxyl groups excluding tert-OH is 1. The van der Waals surface area contributed by atoms with Crippen LogP contribution in [0, 0.1) is 5.92 Å². The molecule has 0 aromatic carbocycles. The van der Waals surface area contributed by atoms with Gasteiger partial charge in [0.15, 0.2) is 0 Å². The maximum absolute atomic E-state index is 9.09. The number of hydrogen-bond acceptors (Lipinski definition) is 2. The Morgan fingerprint density at radius 3 is 2.45 bits per heavy atom. The first-order valence-electron chi connectivity index (χ1n) is 4.50. The molecular formula is C9H19NO. The molecule has 0 saturated heterocycles. The molecule has 0 amide bonds. The summed E-state index contributed by atoms with van der Waals surface area (Å²) >= 11 is 0. The average molecular weight is 157 g/mol. The van der Waals surface area contributed by atoms with Crippen LogP contribution in [0.25, 0.3) is 0 Å². The van der Waals surface area contributed by atoms with Gasteiger partial charge in [-0.3, -0.25) is 0 Å². The molecule has 0 aromatic heterocycles. The first-order valence-corrected chi connectivity index (χ1v) is 4.50. The van der Waals surface area contributed by atoms with Crippen molar-refractivity contribution >= 4 is 0 Å². The molecule has 1 aliphatic carbocycles. The monoisotopic (exact) mass is 157 g/mol. The molecule has 0 heterocycles. The fourth-order valence-electron chi connectivity index (χ4n) is 1.58. The molecule has 0 spiro atoms. The SMILES string of the molecule is CNC(C)(CO)CC1CCC1. The van der Waals surface area contributed by atoms with Crippen LogP contribution >= 0.6 is 0 Å². The molecular weight excluding hydrogens is 138 g/mol. The van der Waals surface area contributed by atoms with Gasteiger partial charge in [-0.05, 0) is 26.3 Å². The van der Waals surface area contributed by atoms with Crippen LogP contribution in [0.3, 0.4) is 0 Å². The van der Waals surface area contributed by atoms with E-state index in [0.29, 0.717) is 0 Å². The smallest absolute Gasteiger partial charge is 0.0610 e. The molecule has 1 atom stereocenters. The molecule has 66 valence electrons. The molecule has 0 aromatic rings. The Kier molecular flexibility index (Phi) is 2.90.